The van der Waals surface area contributed by atoms with Gasteiger partial charge in [-0.05, 0) is 59.4 Å². The molecule has 0 fully saturated rings. The van der Waals surface area contributed by atoms with Gasteiger partial charge in [-0.3, -0.25) is 15.3 Å². The Morgan fingerprint density at radius 2 is 1.70 bits per heavy atom. The average Bonchev–Trinajstić information content (AvgIpc) is 3.36. The second kappa shape index (κ2) is 12.1. The first-order valence-corrected chi connectivity index (χ1v) is 13.7. The van der Waals surface area contributed by atoms with Crippen LogP contribution in [0.15, 0.2) is 79.3 Å². The summed E-state index contributed by atoms with van der Waals surface area (Å²) in [5, 5.41) is 4.04. The summed E-state index contributed by atoms with van der Waals surface area (Å²) in [4.78, 5) is 30.0. The minimum absolute atomic E-state index is 0.00632. The zero-order valence-electron chi connectivity index (χ0n) is 21.6. The molecule has 1 aliphatic rings. The number of nitrogens with one attached hydrogen (secondary N) is 1. The molecule has 0 spiro atoms. The first-order chi connectivity index (χ1) is 19.3. The summed E-state index contributed by atoms with van der Waals surface area (Å²) in [5.74, 6) is -0.691. The fourth-order valence-corrected chi connectivity index (χ4v) is 5.25. The molecule has 4 aromatic rings. The van der Waals surface area contributed by atoms with Gasteiger partial charge in [0.05, 0.1) is 11.9 Å². The van der Waals surface area contributed by atoms with E-state index in [2.05, 4.69) is 14.9 Å². The number of para-hydroxylation sites is 1. The Hall–Kier alpha value is -3.85. The lowest BCUT2D eigenvalue weighted by atomic mass is 9.86. The van der Waals surface area contributed by atoms with Crippen molar-refractivity contribution in [1.82, 2.24) is 14.9 Å². The molecule has 5 rings (SSSR count). The molecule has 2 heterocycles. The molecule has 40 heavy (non-hydrogen) atoms. The number of primary amides is 1. The molecule has 0 saturated heterocycles. The summed E-state index contributed by atoms with van der Waals surface area (Å²) in [7, 11) is 0. The van der Waals surface area contributed by atoms with Crippen molar-refractivity contribution in [2.75, 3.05) is 0 Å². The van der Waals surface area contributed by atoms with E-state index in [9.17, 15) is 9.59 Å². The minimum Gasteiger partial charge on any atom is -0.474 e. The number of amides is 2. The summed E-state index contributed by atoms with van der Waals surface area (Å²) in [6, 6.07) is 19.2. The SMILES string of the molecule is NC(=O)[C@H](Cc1ccc(Cl)cc1)NC(=O)c1cccc2c1OC(N)CC2Cc1cncn1Cc1ccc(Cl)cc1. The third-order valence-corrected chi connectivity index (χ3v) is 7.54. The normalized spacial score (nSPS) is 17.0. The Kier molecular flexibility index (Phi) is 8.40. The van der Waals surface area contributed by atoms with Gasteiger partial charge in [-0.15, -0.1) is 0 Å². The molecule has 3 aromatic carbocycles. The zero-order valence-corrected chi connectivity index (χ0v) is 23.1. The van der Waals surface area contributed by atoms with Gasteiger partial charge in [0.25, 0.3) is 5.91 Å². The molecule has 8 nitrogen and oxygen atoms in total. The van der Waals surface area contributed by atoms with Gasteiger partial charge in [0.15, 0.2) is 0 Å². The number of imidazole rings is 1. The van der Waals surface area contributed by atoms with Crippen LogP contribution in [0.4, 0.5) is 0 Å². The lowest BCUT2D eigenvalue weighted by Gasteiger charge is -2.31. The largest absolute Gasteiger partial charge is 0.474 e. The molecule has 10 heteroatoms. The summed E-state index contributed by atoms with van der Waals surface area (Å²) >= 11 is 12.0. The van der Waals surface area contributed by atoms with Crippen LogP contribution in [0.2, 0.25) is 10.0 Å². The number of carbonyl (C=O) groups excluding carboxylic acids is 2. The van der Waals surface area contributed by atoms with E-state index in [1.54, 1.807) is 36.7 Å². The molecule has 1 aromatic heterocycles. The van der Waals surface area contributed by atoms with Gasteiger partial charge in [-0.2, -0.15) is 0 Å². The lowest BCUT2D eigenvalue weighted by Crippen LogP contribution is -2.46. The van der Waals surface area contributed by atoms with E-state index in [1.165, 1.54) is 0 Å². The van der Waals surface area contributed by atoms with Crippen molar-refractivity contribution in [3.05, 3.63) is 117 Å². The quantitative estimate of drug-likeness (QED) is 0.271. The van der Waals surface area contributed by atoms with Crippen LogP contribution in [-0.4, -0.2) is 33.6 Å². The number of aromatic nitrogens is 2. The molecule has 5 N–H and O–H groups in total. The standard InChI is InChI=1S/C30H29Cl2N5O3/c31-21-8-4-18(5-9-21)12-26(29(34)38)36-30(39)25-3-1-2-24-20(14-27(33)40-28(24)25)13-23-15-35-17-37(23)16-19-6-10-22(32)11-7-19/h1-11,15,17,20,26-27H,12-14,16,33H2,(H2,34,38)(H,36,39)/t20?,26-,27?/m0/s1. The summed E-state index contributed by atoms with van der Waals surface area (Å²) in [6.07, 6.45) is 4.52. The van der Waals surface area contributed by atoms with E-state index in [1.807, 2.05) is 42.6 Å². The number of nitrogens with zero attached hydrogens (tertiary/aromatic N) is 2. The summed E-state index contributed by atoms with van der Waals surface area (Å²) in [6.45, 7) is 0.652. The van der Waals surface area contributed by atoms with Gasteiger partial charge in [-0.25, -0.2) is 4.98 Å². The molecule has 1 aliphatic heterocycles. The Bertz CT molecular complexity index is 1500. The van der Waals surface area contributed by atoms with Crippen molar-refractivity contribution in [1.29, 1.82) is 0 Å². The van der Waals surface area contributed by atoms with Crippen LogP contribution >= 0.6 is 23.2 Å². The number of carbonyl (C=O) groups is 2. The fourth-order valence-electron chi connectivity index (χ4n) is 5.00. The average molecular weight is 579 g/mol. The van der Waals surface area contributed by atoms with Gasteiger partial charge in [0.2, 0.25) is 5.91 Å². The third-order valence-electron chi connectivity index (χ3n) is 7.04. The minimum atomic E-state index is -0.917. The molecular weight excluding hydrogens is 549 g/mol. The lowest BCUT2D eigenvalue weighted by molar-refractivity contribution is -0.119. The van der Waals surface area contributed by atoms with Crippen LogP contribution in [0, 0.1) is 0 Å². The Labute approximate surface area is 242 Å². The number of halogens is 2. The highest BCUT2D eigenvalue weighted by atomic mass is 35.5. The van der Waals surface area contributed by atoms with Gasteiger partial charge < -0.3 is 20.4 Å². The van der Waals surface area contributed by atoms with E-state index in [0.29, 0.717) is 40.7 Å². The molecule has 206 valence electrons. The number of benzene rings is 3. The Morgan fingerprint density at radius 3 is 2.38 bits per heavy atom. The maximum atomic E-state index is 13.4. The van der Waals surface area contributed by atoms with Crippen molar-refractivity contribution in [3.8, 4) is 5.75 Å². The highest BCUT2D eigenvalue weighted by molar-refractivity contribution is 6.30. The number of rotatable bonds is 9. The number of hydrogen-bond donors (Lipinski definition) is 3. The monoisotopic (exact) mass is 577 g/mol. The molecule has 0 bridgehead atoms. The van der Waals surface area contributed by atoms with Gasteiger partial charge in [0.1, 0.15) is 18.0 Å². The molecule has 0 radical (unpaired) electrons. The first kappa shape index (κ1) is 27.7. The Morgan fingerprint density at radius 1 is 1.02 bits per heavy atom. The first-order valence-electron chi connectivity index (χ1n) is 12.9. The third kappa shape index (κ3) is 6.47. The molecular formula is C30H29Cl2N5O3. The topological polar surface area (TPSA) is 125 Å². The Balaban J connectivity index is 1.36. The molecule has 2 amide bonds. The summed E-state index contributed by atoms with van der Waals surface area (Å²) in [5.41, 5.74) is 16.1. The van der Waals surface area contributed by atoms with Crippen molar-refractivity contribution in [3.63, 3.8) is 0 Å². The second-order valence-corrected chi connectivity index (χ2v) is 10.8. The maximum Gasteiger partial charge on any atom is 0.255 e. The highest BCUT2D eigenvalue weighted by Crippen LogP contribution is 2.39. The fraction of sp³-hybridized carbons (Fsp3) is 0.233. The predicted molar refractivity (Wildman–Crippen MR) is 154 cm³/mol. The number of nitrogens with two attached hydrogens (primary N) is 2. The van der Waals surface area contributed by atoms with Crippen molar-refractivity contribution in [2.45, 2.75) is 44.0 Å². The number of hydrogen-bond acceptors (Lipinski definition) is 5. The zero-order chi connectivity index (χ0) is 28.2. The number of ether oxygens (including phenoxy) is 1. The van der Waals surface area contributed by atoms with Gasteiger partial charge in [-0.1, -0.05) is 59.6 Å². The molecule has 3 atom stereocenters. The van der Waals surface area contributed by atoms with Crippen molar-refractivity contribution >= 4 is 35.0 Å². The van der Waals surface area contributed by atoms with Gasteiger partial charge >= 0.3 is 0 Å². The van der Waals surface area contributed by atoms with E-state index in [4.69, 9.17) is 39.4 Å². The van der Waals surface area contributed by atoms with Crippen LogP contribution < -0.4 is 21.5 Å². The van der Waals surface area contributed by atoms with E-state index in [-0.39, 0.29) is 12.3 Å². The highest BCUT2D eigenvalue weighted by Gasteiger charge is 2.31. The van der Waals surface area contributed by atoms with Crippen LogP contribution in [-0.2, 0) is 24.2 Å². The maximum absolute atomic E-state index is 13.4. The van der Waals surface area contributed by atoms with Crippen LogP contribution in [0.3, 0.4) is 0 Å². The van der Waals surface area contributed by atoms with Gasteiger partial charge in [0, 0.05) is 41.3 Å². The van der Waals surface area contributed by atoms with Crippen molar-refractivity contribution in [2.24, 2.45) is 11.5 Å². The van der Waals surface area contributed by atoms with E-state index < -0.39 is 24.1 Å². The second-order valence-electron chi connectivity index (χ2n) is 9.92. The smallest absolute Gasteiger partial charge is 0.255 e. The van der Waals surface area contributed by atoms with E-state index in [0.717, 1.165) is 22.4 Å². The molecule has 0 aliphatic carbocycles. The van der Waals surface area contributed by atoms with Crippen molar-refractivity contribution < 1.29 is 14.3 Å². The van der Waals surface area contributed by atoms with E-state index >= 15 is 0 Å². The number of fused-ring (bicyclic) bond motifs is 1. The van der Waals surface area contributed by atoms with Crippen LogP contribution in [0.5, 0.6) is 5.75 Å². The molecule has 0 saturated carbocycles. The van der Waals surface area contributed by atoms with Crippen LogP contribution in [0.1, 0.15) is 45.1 Å². The molecule has 2 unspecified atom stereocenters. The van der Waals surface area contributed by atoms with Crippen LogP contribution in [0.25, 0.3) is 0 Å². The summed E-state index contributed by atoms with van der Waals surface area (Å²) < 4.78 is 8.09. The predicted octanol–water partition coefficient (Wildman–Crippen LogP) is 4.46.